The van der Waals surface area contributed by atoms with Crippen LogP contribution in [0.3, 0.4) is 0 Å². The Bertz CT molecular complexity index is 688. The summed E-state index contributed by atoms with van der Waals surface area (Å²) in [6.07, 6.45) is -0.0525. The highest BCUT2D eigenvalue weighted by molar-refractivity contribution is 6.31. The number of hydrogen-bond acceptors (Lipinski definition) is 3. The third-order valence-electron chi connectivity index (χ3n) is 3.44. The molecule has 0 radical (unpaired) electrons. The first-order chi connectivity index (χ1) is 11.0. The molecule has 1 amide bonds. The second-order valence-electron chi connectivity index (χ2n) is 5.12. The van der Waals surface area contributed by atoms with E-state index in [0.717, 1.165) is 5.56 Å². The van der Waals surface area contributed by atoms with Gasteiger partial charge >= 0.3 is 0 Å². The van der Waals surface area contributed by atoms with Crippen LogP contribution < -0.4 is 14.8 Å². The smallest absolute Gasteiger partial charge is 0.265 e. The highest BCUT2D eigenvalue weighted by atomic mass is 35.5. The first kappa shape index (κ1) is 17.2. The van der Waals surface area contributed by atoms with Crippen LogP contribution in [0.25, 0.3) is 0 Å². The first-order valence-corrected chi connectivity index (χ1v) is 7.79. The average molecular weight is 334 g/mol. The van der Waals surface area contributed by atoms with Crippen LogP contribution in [-0.4, -0.2) is 19.1 Å². The number of anilines is 1. The van der Waals surface area contributed by atoms with E-state index >= 15 is 0 Å². The fourth-order valence-corrected chi connectivity index (χ4v) is 2.26. The topological polar surface area (TPSA) is 47.6 Å². The van der Waals surface area contributed by atoms with Gasteiger partial charge in [-0.15, -0.1) is 0 Å². The molecule has 23 heavy (non-hydrogen) atoms. The van der Waals surface area contributed by atoms with E-state index in [1.165, 1.54) is 0 Å². The lowest BCUT2D eigenvalue weighted by molar-refractivity contribution is -0.122. The van der Waals surface area contributed by atoms with Crippen LogP contribution in [0.4, 0.5) is 5.69 Å². The zero-order valence-electron chi connectivity index (χ0n) is 13.4. The predicted molar refractivity (Wildman–Crippen MR) is 92.5 cm³/mol. The molecule has 0 aliphatic heterocycles. The molecule has 2 aromatic carbocycles. The Morgan fingerprint density at radius 1 is 1.26 bits per heavy atom. The Labute approximate surface area is 141 Å². The summed E-state index contributed by atoms with van der Waals surface area (Å²) in [7, 11) is 1.56. The van der Waals surface area contributed by atoms with Gasteiger partial charge in [-0.3, -0.25) is 4.79 Å². The molecule has 1 N–H and O–H groups in total. The van der Waals surface area contributed by atoms with Gasteiger partial charge in [-0.1, -0.05) is 30.7 Å². The number of carbonyl (C=O) groups is 1. The van der Waals surface area contributed by atoms with Crippen LogP contribution in [-0.2, 0) is 4.79 Å². The summed E-state index contributed by atoms with van der Waals surface area (Å²) in [6, 6.07) is 12.6. The van der Waals surface area contributed by atoms with Crippen molar-refractivity contribution in [3.05, 3.63) is 53.1 Å². The Morgan fingerprint density at radius 3 is 2.65 bits per heavy atom. The van der Waals surface area contributed by atoms with Gasteiger partial charge in [0.2, 0.25) is 0 Å². The second kappa shape index (κ2) is 7.88. The van der Waals surface area contributed by atoms with Crippen molar-refractivity contribution in [1.29, 1.82) is 0 Å². The Kier molecular flexibility index (Phi) is 5.88. The average Bonchev–Trinajstić information content (AvgIpc) is 2.56. The standard InChI is InChI=1S/C18H20ClNO3/c1-4-16(23-13-9-10-14(19)12(2)11-13)18(21)20-15-7-5-6-8-17(15)22-3/h5-11,16H,4H2,1-3H3,(H,20,21)/t16-/m1/s1. The molecule has 0 spiro atoms. The largest absolute Gasteiger partial charge is 0.495 e. The first-order valence-electron chi connectivity index (χ1n) is 7.41. The van der Waals surface area contributed by atoms with Gasteiger partial charge in [0.05, 0.1) is 12.8 Å². The van der Waals surface area contributed by atoms with Gasteiger partial charge in [0.15, 0.2) is 6.10 Å². The molecule has 2 rings (SSSR count). The number of benzene rings is 2. The fourth-order valence-electron chi connectivity index (χ4n) is 2.14. The van der Waals surface area contributed by atoms with E-state index in [-0.39, 0.29) is 5.91 Å². The Balaban J connectivity index is 2.10. The van der Waals surface area contributed by atoms with Crippen LogP contribution in [0.1, 0.15) is 18.9 Å². The molecule has 0 aliphatic carbocycles. The number of nitrogens with one attached hydrogen (secondary N) is 1. The predicted octanol–water partition coefficient (Wildman–Crippen LogP) is 4.45. The van der Waals surface area contributed by atoms with Gasteiger partial charge in [-0.2, -0.15) is 0 Å². The molecule has 0 bridgehead atoms. The molecule has 0 heterocycles. The number of aryl methyl sites for hydroxylation is 1. The Morgan fingerprint density at radius 2 is 2.00 bits per heavy atom. The highest BCUT2D eigenvalue weighted by Crippen LogP contribution is 2.25. The number of halogens is 1. The van der Waals surface area contributed by atoms with Crippen LogP contribution in [0.2, 0.25) is 5.02 Å². The van der Waals surface area contributed by atoms with E-state index in [2.05, 4.69) is 5.32 Å². The van der Waals surface area contributed by atoms with Crippen LogP contribution in [0.5, 0.6) is 11.5 Å². The molecule has 0 fully saturated rings. The van der Waals surface area contributed by atoms with Gasteiger partial charge in [0.1, 0.15) is 11.5 Å². The monoisotopic (exact) mass is 333 g/mol. The van der Waals surface area contributed by atoms with Crippen LogP contribution in [0.15, 0.2) is 42.5 Å². The quantitative estimate of drug-likeness (QED) is 0.849. The van der Waals surface area contributed by atoms with E-state index < -0.39 is 6.10 Å². The molecule has 4 nitrogen and oxygen atoms in total. The van der Waals surface area contributed by atoms with Gasteiger partial charge in [0, 0.05) is 5.02 Å². The minimum atomic E-state index is -0.597. The summed E-state index contributed by atoms with van der Waals surface area (Å²) >= 11 is 6.01. The van der Waals surface area contributed by atoms with Crippen molar-refractivity contribution in [2.45, 2.75) is 26.4 Å². The van der Waals surface area contributed by atoms with E-state index in [4.69, 9.17) is 21.1 Å². The van der Waals surface area contributed by atoms with Crippen LogP contribution in [0, 0.1) is 6.92 Å². The molecular weight excluding hydrogens is 314 g/mol. The van der Waals surface area contributed by atoms with E-state index in [1.807, 2.05) is 32.0 Å². The lowest BCUT2D eigenvalue weighted by atomic mass is 10.2. The zero-order chi connectivity index (χ0) is 16.8. The normalized spacial score (nSPS) is 11.7. The number of amides is 1. The van der Waals surface area contributed by atoms with Gasteiger partial charge in [-0.05, 0) is 49.2 Å². The van der Waals surface area contributed by atoms with E-state index in [0.29, 0.717) is 28.6 Å². The van der Waals surface area contributed by atoms with Crippen molar-refractivity contribution < 1.29 is 14.3 Å². The molecule has 1 atom stereocenters. The summed E-state index contributed by atoms with van der Waals surface area (Å²) in [6.45, 7) is 3.79. The lowest BCUT2D eigenvalue weighted by Gasteiger charge is -2.18. The van der Waals surface area contributed by atoms with Crippen molar-refractivity contribution in [1.82, 2.24) is 0 Å². The number of carbonyl (C=O) groups excluding carboxylic acids is 1. The van der Waals surface area contributed by atoms with E-state index in [1.54, 1.807) is 31.4 Å². The SMILES string of the molecule is CC[C@@H](Oc1ccc(Cl)c(C)c1)C(=O)Nc1ccccc1OC. The molecule has 122 valence electrons. The second-order valence-corrected chi connectivity index (χ2v) is 5.52. The fraction of sp³-hybridized carbons (Fsp3) is 0.278. The van der Waals surface area contributed by atoms with Gasteiger partial charge < -0.3 is 14.8 Å². The maximum atomic E-state index is 12.5. The number of rotatable bonds is 6. The molecule has 0 aromatic heterocycles. The summed E-state index contributed by atoms with van der Waals surface area (Å²) in [5.74, 6) is 1.01. The maximum absolute atomic E-state index is 12.5. The van der Waals surface area contributed by atoms with Gasteiger partial charge in [-0.25, -0.2) is 0 Å². The van der Waals surface area contributed by atoms with Crippen molar-refractivity contribution in [3.63, 3.8) is 0 Å². The number of hydrogen-bond donors (Lipinski definition) is 1. The molecule has 0 saturated heterocycles. The zero-order valence-corrected chi connectivity index (χ0v) is 14.2. The number of methoxy groups -OCH3 is 1. The van der Waals surface area contributed by atoms with Crippen molar-refractivity contribution in [2.24, 2.45) is 0 Å². The molecule has 0 saturated carbocycles. The molecule has 0 aliphatic rings. The summed E-state index contributed by atoms with van der Waals surface area (Å²) in [5, 5.41) is 3.51. The summed E-state index contributed by atoms with van der Waals surface area (Å²) in [4.78, 5) is 12.5. The van der Waals surface area contributed by atoms with Crippen molar-refractivity contribution in [2.75, 3.05) is 12.4 Å². The Hall–Kier alpha value is -2.20. The maximum Gasteiger partial charge on any atom is 0.265 e. The minimum absolute atomic E-state index is 0.218. The minimum Gasteiger partial charge on any atom is -0.495 e. The number of para-hydroxylation sites is 2. The third-order valence-corrected chi connectivity index (χ3v) is 3.86. The van der Waals surface area contributed by atoms with Crippen molar-refractivity contribution in [3.8, 4) is 11.5 Å². The molecule has 5 heteroatoms. The summed E-state index contributed by atoms with van der Waals surface area (Å²) < 4.78 is 11.0. The lowest BCUT2D eigenvalue weighted by Crippen LogP contribution is -2.32. The van der Waals surface area contributed by atoms with Gasteiger partial charge in [0.25, 0.3) is 5.91 Å². The van der Waals surface area contributed by atoms with Crippen LogP contribution >= 0.6 is 11.6 Å². The molecular formula is C18H20ClNO3. The number of ether oxygens (including phenoxy) is 2. The third kappa shape index (κ3) is 4.39. The summed E-state index contributed by atoms with van der Waals surface area (Å²) in [5.41, 5.74) is 1.53. The van der Waals surface area contributed by atoms with Crippen molar-refractivity contribution >= 4 is 23.2 Å². The highest BCUT2D eigenvalue weighted by Gasteiger charge is 2.20. The molecule has 2 aromatic rings. The molecule has 0 unspecified atom stereocenters. The van der Waals surface area contributed by atoms with E-state index in [9.17, 15) is 4.79 Å².